The smallest absolute Gasteiger partial charge is 0.337 e. The first-order valence-corrected chi connectivity index (χ1v) is 7.94. The Balaban J connectivity index is 1.84. The number of aromatic amines is 1. The minimum absolute atomic E-state index is 0.123. The summed E-state index contributed by atoms with van der Waals surface area (Å²) in [5, 5.41) is 9.73. The van der Waals surface area contributed by atoms with Gasteiger partial charge < -0.3 is 10.1 Å². The van der Waals surface area contributed by atoms with Crippen molar-refractivity contribution in [3.05, 3.63) is 53.1 Å². The highest BCUT2D eigenvalue weighted by Gasteiger charge is 2.48. The van der Waals surface area contributed by atoms with Gasteiger partial charge in [-0.2, -0.15) is 5.10 Å². The Morgan fingerprint density at radius 3 is 2.68 bits per heavy atom. The molecule has 3 heterocycles. The fourth-order valence-corrected chi connectivity index (χ4v) is 3.45. The number of carbonyl (C=O) groups is 2. The summed E-state index contributed by atoms with van der Waals surface area (Å²) in [5.74, 6) is -1.41. The van der Waals surface area contributed by atoms with Crippen LogP contribution in [0.25, 0.3) is 11.3 Å². The quantitative estimate of drug-likeness (QED) is 0.822. The van der Waals surface area contributed by atoms with Gasteiger partial charge in [-0.15, -0.1) is 0 Å². The van der Waals surface area contributed by atoms with Crippen LogP contribution in [0.1, 0.15) is 31.7 Å². The zero-order valence-electron chi connectivity index (χ0n) is 13.7. The molecule has 0 saturated carbocycles. The molecule has 25 heavy (non-hydrogen) atoms. The summed E-state index contributed by atoms with van der Waals surface area (Å²) in [6, 6.07) is 5.96. The molecule has 0 radical (unpaired) electrons. The zero-order chi connectivity index (χ0) is 17.8. The van der Waals surface area contributed by atoms with Crippen LogP contribution < -0.4 is 5.32 Å². The third kappa shape index (κ3) is 2.43. The number of hydrogen-bond acceptors (Lipinski definition) is 4. The van der Waals surface area contributed by atoms with E-state index in [1.165, 1.54) is 12.1 Å². The minimum Gasteiger partial charge on any atom is -0.450 e. The van der Waals surface area contributed by atoms with Gasteiger partial charge in [0.25, 0.3) is 0 Å². The first kappa shape index (κ1) is 15.6. The number of esters is 1. The van der Waals surface area contributed by atoms with Crippen molar-refractivity contribution in [1.82, 2.24) is 15.5 Å². The lowest BCUT2D eigenvalue weighted by atomic mass is 9.82. The second-order valence-corrected chi connectivity index (χ2v) is 6.70. The number of carbonyl (C=O) groups excluding carboxylic acids is 2. The summed E-state index contributed by atoms with van der Waals surface area (Å²) in [6.07, 6.45) is 1.73. The van der Waals surface area contributed by atoms with E-state index in [1.807, 2.05) is 0 Å². The molecule has 2 aliphatic rings. The van der Waals surface area contributed by atoms with Crippen molar-refractivity contribution in [2.45, 2.75) is 31.8 Å². The standard InChI is InChI=1S/C18H16FN3O3/c1-18(2)16-14(17(24)25-18)11(7-13(23)21-16)12-8-20-22-15(12)9-3-5-10(19)6-4-9/h3-6,8,11H,7H2,1-2H3,(H,20,22)(H,21,23)/t11-/m0/s1. The van der Waals surface area contributed by atoms with E-state index in [4.69, 9.17) is 4.74 Å². The molecule has 2 aromatic rings. The van der Waals surface area contributed by atoms with Crippen LogP contribution >= 0.6 is 0 Å². The third-order valence-electron chi connectivity index (χ3n) is 4.62. The van der Waals surface area contributed by atoms with E-state index in [-0.39, 0.29) is 18.1 Å². The molecule has 4 rings (SSSR count). The normalized spacial score (nSPS) is 21.8. The van der Waals surface area contributed by atoms with Crippen molar-refractivity contribution < 1.29 is 18.7 Å². The van der Waals surface area contributed by atoms with Crippen LogP contribution in [0, 0.1) is 5.82 Å². The molecule has 2 aliphatic heterocycles. The molecule has 128 valence electrons. The van der Waals surface area contributed by atoms with Gasteiger partial charge in [0, 0.05) is 23.5 Å². The molecule has 1 atom stereocenters. The van der Waals surface area contributed by atoms with Crippen LogP contribution in [0.15, 0.2) is 41.7 Å². The Bertz CT molecular complexity index is 912. The first-order chi connectivity index (χ1) is 11.9. The van der Waals surface area contributed by atoms with Crippen LogP contribution in [-0.2, 0) is 14.3 Å². The van der Waals surface area contributed by atoms with Gasteiger partial charge in [0.2, 0.25) is 5.91 Å². The van der Waals surface area contributed by atoms with E-state index in [9.17, 15) is 14.0 Å². The van der Waals surface area contributed by atoms with Crippen LogP contribution in [0.3, 0.4) is 0 Å². The summed E-state index contributed by atoms with van der Waals surface area (Å²) in [4.78, 5) is 24.6. The van der Waals surface area contributed by atoms with E-state index < -0.39 is 17.5 Å². The number of nitrogens with zero attached hydrogens (tertiary/aromatic N) is 1. The number of H-pyrrole nitrogens is 1. The minimum atomic E-state index is -0.874. The second kappa shape index (κ2) is 5.27. The van der Waals surface area contributed by atoms with E-state index in [1.54, 1.807) is 32.2 Å². The SMILES string of the molecule is CC1(C)OC(=O)C2=C1NC(=O)C[C@H]2c1cn[nH]c1-c1ccc(F)cc1. The van der Waals surface area contributed by atoms with Gasteiger partial charge in [-0.3, -0.25) is 9.89 Å². The lowest BCUT2D eigenvalue weighted by molar-refractivity contribution is -0.144. The molecule has 1 amide bonds. The Morgan fingerprint density at radius 1 is 1.24 bits per heavy atom. The highest BCUT2D eigenvalue weighted by molar-refractivity contribution is 5.99. The maximum atomic E-state index is 13.2. The molecule has 1 aromatic carbocycles. The summed E-state index contributed by atoms with van der Waals surface area (Å²) in [7, 11) is 0. The topological polar surface area (TPSA) is 84.1 Å². The van der Waals surface area contributed by atoms with Gasteiger partial charge in [-0.25, -0.2) is 9.18 Å². The van der Waals surface area contributed by atoms with Gasteiger partial charge in [0.05, 0.1) is 23.2 Å². The first-order valence-electron chi connectivity index (χ1n) is 7.94. The van der Waals surface area contributed by atoms with E-state index in [0.29, 0.717) is 22.5 Å². The summed E-state index contributed by atoms with van der Waals surface area (Å²) < 4.78 is 18.6. The molecule has 7 heteroatoms. The van der Waals surface area contributed by atoms with Crippen LogP contribution in [0.5, 0.6) is 0 Å². The largest absolute Gasteiger partial charge is 0.450 e. The predicted molar refractivity (Wildman–Crippen MR) is 86.7 cm³/mol. The fraction of sp³-hybridized carbons (Fsp3) is 0.278. The Kier molecular flexibility index (Phi) is 3.28. The molecular weight excluding hydrogens is 325 g/mol. The maximum absolute atomic E-state index is 13.2. The fourth-order valence-electron chi connectivity index (χ4n) is 3.45. The molecule has 2 N–H and O–H groups in total. The van der Waals surface area contributed by atoms with E-state index in [0.717, 1.165) is 5.56 Å². The van der Waals surface area contributed by atoms with Gasteiger partial charge in [0.15, 0.2) is 0 Å². The lowest BCUT2D eigenvalue weighted by Gasteiger charge is -2.26. The van der Waals surface area contributed by atoms with Gasteiger partial charge in [-0.05, 0) is 38.1 Å². The van der Waals surface area contributed by atoms with Crippen molar-refractivity contribution >= 4 is 11.9 Å². The molecule has 0 aliphatic carbocycles. The predicted octanol–water partition coefficient (Wildman–Crippen LogP) is 2.41. The molecule has 6 nitrogen and oxygen atoms in total. The van der Waals surface area contributed by atoms with Crippen molar-refractivity contribution in [2.75, 3.05) is 0 Å². The van der Waals surface area contributed by atoms with E-state index in [2.05, 4.69) is 15.5 Å². The number of halogens is 1. The molecule has 0 saturated heterocycles. The van der Waals surface area contributed by atoms with Gasteiger partial charge in [0.1, 0.15) is 11.4 Å². The Hall–Kier alpha value is -2.96. The summed E-state index contributed by atoms with van der Waals surface area (Å²) >= 11 is 0. The number of ether oxygens (including phenoxy) is 1. The molecule has 0 unspecified atom stereocenters. The number of rotatable bonds is 2. The monoisotopic (exact) mass is 341 g/mol. The molecular formula is C18H16FN3O3. The Morgan fingerprint density at radius 2 is 1.96 bits per heavy atom. The van der Waals surface area contributed by atoms with Crippen LogP contribution in [-0.4, -0.2) is 27.7 Å². The van der Waals surface area contributed by atoms with Crippen molar-refractivity contribution in [2.24, 2.45) is 0 Å². The number of aromatic nitrogens is 2. The zero-order valence-corrected chi connectivity index (χ0v) is 13.7. The molecule has 0 bridgehead atoms. The van der Waals surface area contributed by atoms with Gasteiger partial charge in [-0.1, -0.05) is 0 Å². The Labute approximate surface area is 143 Å². The average molecular weight is 341 g/mol. The van der Waals surface area contributed by atoms with Crippen molar-refractivity contribution in [3.63, 3.8) is 0 Å². The van der Waals surface area contributed by atoms with Crippen LogP contribution in [0.2, 0.25) is 0 Å². The second-order valence-electron chi connectivity index (χ2n) is 6.70. The highest BCUT2D eigenvalue weighted by Crippen LogP contribution is 2.44. The summed E-state index contributed by atoms with van der Waals surface area (Å²) in [6.45, 7) is 3.48. The molecule has 1 aromatic heterocycles. The van der Waals surface area contributed by atoms with Crippen molar-refractivity contribution in [1.29, 1.82) is 0 Å². The molecule has 0 fully saturated rings. The highest BCUT2D eigenvalue weighted by atomic mass is 19.1. The summed E-state index contributed by atoms with van der Waals surface area (Å²) in [5.41, 5.74) is 2.18. The third-order valence-corrected chi connectivity index (χ3v) is 4.62. The van der Waals surface area contributed by atoms with Crippen LogP contribution in [0.4, 0.5) is 4.39 Å². The number of cyclic esters (lactones) is 1. The number of amides is 1. The van der Waals surface area contributed by atoms with Crippen molar-refractivity contribution in [3.8, 4) is 11.3 Å². The lowest BCUT2D eigenvalue weighted by Crippen LogP contribution is -2.38. The van der Waals surface area contributed by atoms with E-state index >= 15 is 0 Å². The number of hydrogen-bond donors (Lipinski definition) is 2. The number of benzene rings is 1. The molecule has 0 spiro atoms. The number of nitrogens with one attached hydrogen (secondary N) is 2. The maximum Gasteiger partial charge on any atom is 0.337 e. The average Bonchev–Trinajstić information content (AvgIpc) is 3.11. The van der Waals surface area contributed by atoms with Gasteiger partial charge >= 0.3 is 5.97 Å².